The van der Waals surface area contributed by atoms with Gasteiger partial charge in [-0.05, 0) is 19.2 Å². The summed E-state index contributed by atoms with van der Waals surface area (Å²) in [7, 11) is -1.33. The molecule has 0 aromatic rings. The first-order chi connectivity index (χ1) is 4.04. The molecule has 9 heavy (non-hydrogen) atoms. The van der Waals surface area contributed by atoms with Gasteiger partial charge in [0.1, 0.15) is 10.5 Å². The summed E-state index contributed by atoms with van der Waals surface area (Å²) in [5.74, 6) is 0. The zero-order chi connectivity index (χ0) is 7.49. The second kappa shape index (κ2) is 3.09. The fraction of sp³-hybridized carbons (Fsp3) is 0.400. The minimum Gasteiger partial charge on any atom is -0.459 e. The number of allylic oxidation sites excluding steroid dienone is 1. The first-order valence-corrected chi connectivity index (χ1v) is 6.49. The maximum atomic E-state index is 10.9. The molecular weight excluding hydrogens is 148 g/mol. The predicted molar refractivity (Wildman–Crippen MR) is 43.7 cm³/mol. The molecule has 0 spiro atoms. The van der Waals surface area contributed by atoms with Crippen LogP contribution in [0.3, 0.4) is 0 Å². The average Bonchev–Trinajstić information content (AvgIpc) is 1.86. The highest BCUT2D eigenvalue weighted by molar-refractivity contribution is 7.02. The van der Waals surface area contributed by atoms with Crippen molar-refractivity contribution < 1.29 is 8.91 Å². The quantitative estimate of drug-likeness (QED) is 0.421. The smallest absolute Gasteiger partial charge is 0.253 e. The number of hydrogen-bond donors (Lipinski definition) is 0. The lowest BCUT2D eigenvalue weighted by Gasteiger charge is -2.15. The minimum atomic E-state index is -1.98. The highest BCUT2D eigenvalue weighted by atomic mass is 28.4. The van der Waals surface area contributed by atoms with Crippen molar-refractivity contribution in [3.63, 3.8) is 0 Å². The van der Waals surface area contributed by atoms with Gasteiger partial charge in [-0.25, -0.2) is 0 Å². The van der Waals surface area contributed by atoms with Crippen molar-refractivity contribution in [2.45, 2.75) is 13.1 Å². The molecule has 52 valence electrons. The molecule has 0 aromatic carbocycles. The van der Waals surface area contributed by atoms with Crippen LogP contribution in [0.25, 0.3) is 0 Å². The summed E-state index contributed by atoms with van der Waals surface area (Å²) < 4.78 is 5.15. The van der Waals surface area contributed by atoms with Crippen molar-refractivity contribution >= 4 is 24.2 Å². The number of carbonyl (C=O) groups is 1. The van der Waals surface area contributed by atoms with Crippen LogP contribution >= 0.6 is 0 Å². The van der Waals surface area contributed by atoms with Gasteiger partial charge in [0.2, 0.25) is 0 Å². The summed E-state index contributed by atoms with van der Waals surface area (Å²) in [6.45, 7) is 7.15. The molecule has 0 saturated carbocycles. The van der Waals surface area contributed by atoms with Crippen LogP contribution in [0.4, 0.5) is 0 Å². The number of rotatable bonds is 3. The van der Waals surface area contributed by atoms with E-state index >= 15 is 0 Å². The normalized spacial score (nSPS) is 11.3. The second-order valence-corrected chi connectivity index (χ2v) is 7.43. The van der Waals surface area contributed by atoms with Crippen LogP contribution < -0.4 is 0 Å². The number of carbonyl (C=O) groups excluding carboxylic acids is 1. The summed E-state index contributed by atoms with van der Waals surface area (Å²) in [5.41, 5.74) is 0. The van der Waals surface area contributed by atoms with Crippen LogP contribution in [-0.2, 0) is 8.91 Å². The van der Waals surface area contributed by atoms with E-state index < -0.39 is 8.32 Å². The fourth-order valence-corrected chi connectivity index (χ4v) is 1.64. The Morgan fingerprint density at radius 2 is 2.22 bits per heavy atom. The van der Waals surface area contributed by atoms with E-state index in [1.165, 1.54) is 6.08 Å². The van der Waals surface area contributed by atoms with Crippen molar-refractivity contribution in [3.8, 4) is 0 Å². The third-order valence-corrected chi connectivity index (χ3v) is 6.76. The van der Waals surface area contributed by atoms with Crippen LogP contribution in [-0.4, -0.2) is 24.2 Å². The summed E-state index contributed by atoms with van der Waals surface area (Å²) >= 11 is 0. The van der Waals surface area contributed by atoms with E-state index in [1.807, 2.05) is 13.1 Å². The van der Waals surface area contributed by atoms with E-state index in [4.69, 9.17) is 4.12 Å². The Hall–Kier alpha value is -0.196. The Morgan fingerprint density at radius 1 is 1.78 bits per heavy atom. The zero-order valence-corrected chi connectivity index (χ0v) is 9.10. The van der Waals surface area contributed by atoms with Gasteiger partial charge in [-0.15, -0.1) is 0 Å². The molecule has 0 fully saturated rings. The van der Waals surface area contributed by atoms with Crippen LogP contribution in [0.15, 0.2) is 12.7 Å². The number of hydrogen-bond acceptors (Lipinski definition) is 2. The van der Waals surface area contributed by atoms with Crippen LogP contribution in [0.5, 0.6) is 0 Å². The zero-order valence-electron chi connectivity index (χ0n) is 6.10. The molecule has 0 bridgehead atoms. The molecule has 0 amide bonds. The topological polar surface area (TPSA) is 26.3 Å². The van der Waals surface area contributed by atoms with Gasteiger partial charge in [-0.3, -0.25) is 4.79 Å². The van der Waals surface area contributed by atoms with E-state index in [2.05, 4.69) is 6.58 Å². The molecule has 4 heteroatoms. The van der Waals surface area contributed by atoms with Gasteiger partial charge < -0.3 is 4.12 Å². The van der Waals surface area contributed by atoms with Crippen molar-refractivity contribution in [1.82, 2.24) is 0 Å². The van der Waals surface area contributed by atoms with Crippen LogP contribution in [0.1, 0.15) is 0 Å². The average molecular weight is 160 g/mol. The molecule has 0 saturated heterocycles. The molecule has 0 heterocycles. The van der Waals surface area contributed by atoms with E-state index in [1.54, 1.807) is 0 Å². The summed E-state index contributed by atoms with van der Waals surface area (Å²) in [6, 6.07) is 0. The van der Waals surface area contributed by atoms with Gasteiger partial charge in [-0.1, -0.05) is 6.58 Å². The SMILES string of the molecule is C=CC(=O)[Si](C)(C)O[SiH3]. The Labute approximate surface area is 59.6 Å². The summed E-state index contributed by atoms with van der Waals surface area (Å²) in [6.07, 6.45) is 1.35. The maximum Gasteiger partial charge on any atom is 0.253 e. The molecule has 0 aliphatic heterocycles. The Kier molecular flexibility index (Phi) is 3.03. The van der Waals surface area contributed by atoms with Crippen molar-refractivity contribution in [2.24, 2.45) is 0 Å². The van der Waals surface area contributed by atoms with E-state index in [-0.39, 0.29) is 5.41 Å². The van der Waals surface area contributed by atoms with Gasteiger partial charge in [0, 0.05) is 0 Å². The van der Waals surface area contributed by atoms with Crippen molar-refractivity contribution in [2.75, 3.05) is 0 Å². The van der Waals surface area contributed by atoms with Crippen molar-refractivity contribution in [3.05, 3.63) is 12.7 Å². The Bertz CT molecular complexity index is 131. The van der Waals surface area contributed by atoms with Crippen LogP contribution in [0, 0.1) is 0 Å². The summed E-state index contributed by atoms with van der Waals surface area (Å²) in [4.78, 5) is 10.9. The lowest BCUT2D eigenvalue weighted by atomic mass is 10.7. The molecule has 0 aliphatic rings. The van der Waals surface area contributed by atoms with E-state index in [0.717, 1.165) is 0 Å². The molecule has 0 radical (unpaired) electrons. The fourth-order valence-electron chi connectivity index (χ4n) is 0.346. The monoisotopic (exact) mass is 160 g/mol. The van der Waals surface area contributed by atoms with Crippen LogP contribution in [0.2, 0.25) is 13.1 Å². The van der Waals surface area contributed by atoms with Gasteiger partial charge in [0.25, 0.3) is 8.32 Å². The van der Waals surface area contributed by atoms with Gasteiger partial charge >= 0.3 is 0 Å². The lowest BCUT2D eigenvalue weighted by Crippen LogP contribution is -2.38. The minimum absolute atomic E-state index is 0.0810. The molecule has 0 aromatic heterocycles. The van der Waals surface area contributed by atoms with E-state index in [0.29, 0.717) is 10.5 Å². The molecule has 0 atom stereocenters. The van der Waals surface area contributed by atoms with Gasteiger partial charge in [0.05, 0.1) is 0 Å². The first-order valence-electron chi connectivity index (χ1n) is 2.76. The van der Waals surface area contributed by atoms with Gasteiger partial charge in [0.15, 0.2) is 5.41 Å². The lowest BCUT2D eigenvalue weighted by molar-refractivity contribution is -0.109. The van der Waals surface area contributed by atoms with E-state index in [9.17, 15) is 4.79 Å². The molecule has 2 nitrogen and oxygen atoms in total. The largest absolute Gasteiger partial charge is 0.459 e. The first kappa shape index (κ1) is 8.80. The molecule has 0 unspecified atom stereocenters. The standard InChI is InChI=1S/C5H12O2Si2/c1-4-5(6)9(2,3)7-8/h4H,1H2,2-3,8H3. The highest BCUT2D eigenvalue weighted by Crippen LogP contribution is 2.02. The van der Waals surface area contributed by atoms with Gasteiger partial charge in [-0.2, -0.15) is 0 Å². The predicted octanol–water partition coefficient (Wildman–Crippen LogP) is -0.217. The third kappa shape index (κ3) is 2.25. The molecular formula is C5H12O2Si2. The molecule has 0 rings (SSSR count). The second-order valence-electron chi connectivity index (χ2n) is 2.28. The maximum absolute atomic E-state index is 10.9. The third-order valence-electron chi connectivity index (χ3n) is 1.29. The Morgan fingerprint density at radius 3 is 2.33 bits per heavy atom. The molecule has 0 N–H and O–H groups in total. The van der Waals surface area contributed by atoms with Crippen molar-refractivity contribution in [1.29, 1.82) is 0 Å². The summed E-state index contributed by atoms with van der Waals surface area (Å²) in [5, 5.41) is 0.0810. The highest BCUT2D eigenvalue weighted by Gasteiger charge is 2.27. The Balaban J connectivity index is 4.13. The molecule has 0 aliphatic carbocycles.